The van der Waals surface area contributed by atoms with Gasteiger partial charge in [0.05, 0.1) is 11.6 Å². The highest BCUT2D eigenvalue weighted by atomic mass is 35.5. The smallest absolute Gasteiger partial charge is 0.375 e. The number of aromatic carboxylic acids is 1. The van der Waals surface area contributed by atoms with Gasteiger partial charge >= 0.3 is 5.97 Å². The van der Waals surface area contributed by atoms with Gasteiger partial charge in [0.15, 0.2) is 0 Å². The lowest BCUT2D eigenvalue weighted by Gasteiger charge is -2.17. The standard InChI is InChI=1S/C18H19ClN2O4/c1-10(20-17(22)12-4-2-3-5-12)14-15(21-25-16(14)18(23)24)11-6-8-13(19)9-7-11/h6-10,12H,2-5H2,1H3,(H,20,22)(H,23,24)/t10-/m1/s1. The molecule has 0 bridgehead atoms. The Labute approximate surface area is 150 Å². The number of nitrogens with zero attached hydrogens (tertiary/aromatic N) is 1. The minimum Gasteiger partial charge on any atom is -0.475 e. The largest absolute Gasteiger partial charge is 0.475 e. The predicted molar refractivity (Wildman–Crippen MR) is 92.4 cm³/mol. The number of carboxylic acid groups (broad SMARTS) is 1. The Kier molecular flexibility index (Phi) is 5.08. The molecule has 1 amide bonds. The zero-order chi connectivity index (χ0) is 18.0. The summed E-state index contributed by atoms with van der Waals surface area (Å²) in [5.41, 5.74) is 1.44. The van der Waals surface area contributed by atoms with E-state index in [0.29, 0.717) is 21.8 Å². The van der Waals surface area contributed by atoms with Gasteiger partial charge in [-0.2, -0.15) is 0 Å². The molecule has 1 aromatic carbocycles. The first kappa shape index (κ1) is 17.5. The van der Waals surface area contributed by atoms with Crippen molar-refractivity contribution in [3.05, 3.63) is 40.6 Å². The molecule has 1 heterocycles. The van der Waals surface area contributed by atoms with Crippen molar-refractivity contribution in [1.82, 2.24) is 10.5 Å². The first-order valence-electron chi connectivity index (χ1n) is 8.26. The van der Waals surface area contributed by atoms with E-state index in [1.807, 2.05) is 0 Å². The molecule has 0 spiro atoms. The van der Waals surface area contributed by atoms with Crippen LogP contribution in [0.3, 0.4) is 0 Å². The second kappa shape index (κ2) is 7.27. The highest BCUT2D eigenvalue weighted by Crippen LogP contribution is 2.32. The van der Waals surface area contributed by atoms with Crippen molar-refractivity contribution in [3.63, 3.8) is 0 Å². The van der Waals surface area contributed by atoms with Gasteiger partial charge in [-0.25, -0.2) is 4.79 Å². The summed E-state index contributed by atoms with van der Waals surface area (Å²) in [6.45, 7) is 1.74. The van der Waals surface area contributed by atoms with Crippen LogP contribution in [0.25, 0.3) is 11.3 Å². The highest BCUT2D eigenvalue weighted by molar-refractivity contribution is 6.30. The Morgan fingerprint density at radius 1 is 1.28 bits per heavy atom. The number of halogens is 1. The molecule has 1 aliphatic carbocycles. The van der Waals surface area contributed by atoms with Crippen molar-refractivity contribution in [3.8, 4) is 11.3 Å². The van der Waals surface area contributed by atoms with Gasteiger partial charge in [0.2, 0.25) is 11.7 Å². The molecule has 2 aromatic rings. The van der Waals surface area contributed by atoms with Gasteiger partial charge in [0, 0.05) is 16.5 Å². The zero-order valence-electron chi connectivity index (χ0n) is 13.8. The number of carbonyl (C=O) groups excluding carboxylic acids is 1. The molecule has 1 saturated carbocycles. The summed E-state index contributed by atoms with van der Waals surface area (Å²) in [5.74, 6) is -1.53. The van der Waals surface area contributed by atoms with Gasteiger partial charge in [-0.3, -0.25) is 4.79 Å². The van der Waals surface area contributed by atoms with Crippen molar-refractivity contribution in [2.24, 2.45) is 5.92 Å². The molecule has 1 aromatic heterocycles. The van der Waals surface area contributed by atoms with Gasteiger partial charge < -0.3 is 14.9 Å². The minimum atomic E-state index is -1.22. The number of aromatic nitrogens is 1. The second-order valence-corrected chi connectivity index (χ2v) is 6.73. The summed E-state index contributed by atoms with van der Waals surface area (Å²) in [4.78, 5) is 23.9. The number of carbonyl (C=O) groups is 2. The van der Waals surface area contributed by atoms with E-state index >= 15 is 0 Å². The summed E-state index contributed by atoms with van der Waals surface area (Å²) < 4.78 is 5.04. The molecule has 1 aliphatic rings. The van der Waals surface area contributed by atoms with Crippen LogP contribution in [0, 0.1) is 5.92 Å². The number of rotatable bonds is 5. The van der Waals surface area contributed by atoms with E-state index in [-0.39, 0.29) is 17.6 Å². The van der Waals surface area contributed by atoms with Crippen LogP contribution in [-0.2, 0) is 4.79 Å². The fourth-order valence-electron chi connectivity index (χ4n) is 3.26. The lowest BCUT2D eigenvalue weighted by molar-refractivity contribution is -0.125. The quantitative estimate of drug-likeness (QED) is 0.836. The van der Waals surface area contributed by atoms with Crippen LogP contribution in [0.15, 0.2) is 28.8 Å². The third-order valence-electron chi connectivity index (χ3n) is 4.56. The number of hydrogen-bond donors (Lipinski definition) is 2. The Bertz CT molecular complexity index is 779. The molecule has 0 unspecified atom stereocenters. The van der Waals surface area contributed by atoms with E-state index in [9.17, 15) is 14.7 Å². The molecule has 7 heteroatoms. The molecule has 0 radical (unpaired) electrons. The van der Waals surface area contributed by atoms with Crippen LogP contribution in [0.5, 0.6) is 0 Å². The topological polar surface area (TPSA) is 92.4 Å². The zero-order valence-corrected chi connectivity index (χ0v) is 14.5. The first-order chi connectivity index (χ1) is 12.0. The van der Waals surface area contributed by atoms with Crippen LogP contribution >= 0.6 is 11.6 Å². The molecule has 25 heavy (non-hydrogen) atoms. The number of nitrogens with one attached hydrogen (secondary N) is 1. The molecular formula is C18H19ClN2O4. The van der Waals surface area contributed by atoms with E-state index in [4.69, 9.17) is 16.1 Å². The van der Waals surface area contributed by atoms with Crippen molar-refractivity contribution < 1.29 is 19.2 Å². The lowest BCUT2D eigenvalue weighted by Crippen LogP contribution is -2.32. The van der Waals surface area contributed by atoms with Crippen LogP contribution in [-0.4, -0.2) is 22.1 Å². The molecule has 0 aliphatic heterocycles. The van der Waals surface area contributed by atoms with E-state index in [0.717, 1.165) is 25.7 Å². The van der Waals surface area contributed by atoms with Crippen LogP contribution < -0.4 is 5.32 Å². The van der Waals surface area contributed by atoms with Gasteiger partial charge in [0.1, 0.15) is 5.69 Å². The summed E-state index contributed by atoms with van der Waals surface area (Å²) >= 11 is 5.90. The minimum absolute atomic E-state index is 0.00503. The number of benzene rings is 1. The van der Waals surface area contributed by atoms with Gasteiger partial charge in [0.25, 0.3) is 0 Å². The Balaban J connectivity index is 1.92. The summed E-state index contributed by atoms with van der Waals surface area (Å²) in [6, 6.07) is 6.33. The Morgan fingerprint density at radius 2 is 1.92 bits per heavy atom. The van der Waals surface area contributed by atoms with Crippen LogP contribution in [0.4, 0.5) is 0 Å². The van der Waals surface area contributed by atoms with Crippen LogP contribution in [0.2, 0.25) is 5.02 Å². The first-order valence-corrected chi connectivity index (χ1v) is 8.64. The summed E-state index contributed by atoms with van der Waals surface area (Å²) in [6.07, 6.45) is 3.85. The number of amides is 1. The maximum Gasteiger partial charge on any atom is 0.375 e. The van der Waals surface area contributed by atoms with Crippen molar-refractivity contribution in [2.75, 3.05) is 0 Å². The predicted octanol–water partition coefficient (Wildman–Crippen LogP) is 4.06. The second-order valence-electron chi connectivity index (χ2n) is 6.30. The van der Waals surface area contributed by atoms with E-state index in [1.54, 1.807) is 31.2 Å². The maximum absolute atomic E-state index is 12.4. The fraction of sp³-hybridized carbons (Fsp3) is 0.389. The third-order valence-corrected chi connectivity index (χ3v) is 4.81. The number of carboxylic acids is 1. The Morgan fingerprint density at radius 3 is 2.52 bits per heavy atom. The Hall–Kier alpha value is -2.34. The molecule has 2 N–H and O–H groups in total. The highest BCUT2D eigenvalue weighted by Gasteiger charge is 2.30. The van der Waals surface area contributed by atoms with Crippen LogP contribution in [0.1, 0.15) is 54.8 Å². The maximum atomic E-state index is 12.4. The average molecular weight is 363 g/mol. The van der Waals surface area contributed by atoms with Crippen molar-refractivity contribution >= 4 is 23.5 Å². The molecule has 3 rings (SSSR count). The number of hydrogen-bond acceptors (Lipinski definition) is 4. The SMILES string of the molecule is C[C@@H](NC(=O)C1CCCC1)c1c(-c2ccc(Cl)cc2)noc1C(=O)O. The van der Waals surface area contributed by atoms with E-state index in [2.05, 4.69) is 10.5 Å². The summed E-state index contributed by atoms with van der Waals surface area (Å²) in [7, 11) is 0. The molecule has 132 valence electrons. The monoisotopic (exact) mass is 362 g/mol. The third kappa shape index (κ3) is 3.69. The van der Waals surface area contributed by atoms with Gasteiger partial charge in [-0.1, -0.05) is 41.7 Å². The van der Waals surface area contributed by atoms with E-state index in [1.165, 1.54) is 0 Å². The molecule has 6 nitrogen and oxygen atoms in total. The van der Waals surface area contributed by atoms with Gasteiger partial charge in [-0.05, 0) is 31.9 Å². The summed E-state index contributed by atoms with van der Waals surface area (Å²) in [5, 5.41) is 16.8. The molecule has 1 atom stereocenters. The molecule has 1 fully saturated rings. The van der Waals surface area contributed by atoms with Crippen molar-refractivity contribution in [1.29, 1.82) is 0 Å². The fourth-order valence-corrected chi connectivity index (χ4v) is 3.39. The molecule has 0 saturated heterocycles. The lowest BCUT2D eigenvalue weighted by atomic mass is 9.99. The van der Waals surface area contributed by atoms with Crippen molar-refractivity contribution in [2.45, 2.75) is 38.6 Å². The van der Waals surface area contributed by atoms with Gasteiger partial charge in [-0.15, -0.1) is 0 Å². The molecular weight excluding hydrogens is 344 g/mol. The normalized spacial score (nSPS) is 15.9. The van der Waals surface area contributed by atoms with E-state index < -0.39 is 12.0 Å². The average Bonchev–Trinajstić information content (AvgIpc) is 3.25.